The average molecular weight is 228 g/mol. The normalized spacial score (nSPS) is 10.2. The number of hydrogen-bond acceptors (Lipinski definition) is 1. The van der Waals surface area contributed by atoms with E-state index in [9.17, 15) is 0 Å². The van der Waals surface area contributed by atoms with Gasteiger partial charge in [0, 0.05) is 18.4 Å². The van der Waals surface area contributed by atoms with E-state index in [1.807, 2.05) is 12.1 Å². The van der Waals surface area contributed by atoms with Gasteiger partial charge in [0.05, 0.1) is 0 Å². The Morgan fingerprint density at radius 1 is 1.42 bits per heavy atom. The smallest absolute Gasteiger partial charge is 0.0471 e. The summed E-state index contributed by atoms with van der Waals surface area (Å²) in [6, 6.07) is 8.20. The fourth-order valence-corrected chi connectivity index (χ4v) is 1.47. The van der Waals surface area contributed by atoms with Gasteiger partial charge in [-0.05, 0) is 17.5 Å². The predicted molar refractivity (Wildman–Crippen MR) is 54.4 cm³/mol. The van der Waals surface area contributed by atoms with Crippen LogP contribution in [0.5, 0.6) is 0 Å². The van der Waals surface area contributed by atoms with Gasteiger partial charge in [0.1, 0.15) is 0 Å². The minimum Gasteiger partial charge on any atom is -0.396 e. The van der Waals surface area contributed by atoms with E-state index in [4.69, 9.17) is 5.11 Å². The van der Waals surface area contributed by atoms with Crippen molar-refractivity contribution in [3.05, 3.63) is 41.8 Å². The van der Waals surface area contributed by atoms with Crippen molar-refractivity contribution < 1.29 is 5.11 Å². The first-order chi connectivity index (χ1) is 5.86. The quantitative estimate of drug-likeness (QED) is 0.783. The van der Waals surface area contributed by atoms with E-state index in [-0.39, 0.29) is 6.61 Å². The molecule has 2 heteroatoms. The third-order valence-corrected chi connectivity index (χ3v) is 1.99. The third kappa shape index (κ3) is 2.95. The Kier molecular flexibility index (Phi) is 4.33. The summed E-state index contributed by atoms with van der Waals surface area (Å²) in [6.07, 6.45) is 2.84. The van der Waals surface area contributed by atoms with Crippen LogP contribution in [0.25, 0.3) is 0 Å². The Balaban J connectivity index is 2.67. The summed E-state index contributed by atoms with van der Waals surface area (Å²) >= 11 is 3.34. The number of alkyl halides is 1. The highest BCUT2D eigenvalue weighted by Crippen LogP contribution is 2.08. The lowest BCUT2D eigenvalue weighted by atomic mass is 10.1. The SMILES string of the molecule is OCCc1cccc([CH]CBr)c1. The van der Waals surface area contributed by atoms with E-state index >= 15 is 0 Å². The van der Waals surface area contributed by atoms with Gasteiger partial charge in [0.15, 0.2) is 0 Å². The first-order valence-corrected chi connectivity index (χ1v) is 5.08. The lowest BCUT2D eigenvalue weighted by Crippen LogP contribution is -1.91. The molecule has 0 aromatic heterocycles. The number of halogens is 1. The number of aliphatic hydroxyl groups excluding tert-OH is 1. The van der Waals surface area contributed by atoms with Crippen molar-refractivity contribution in [1.82, 2.24) is 0 Å². The van der Waals surface area contributed by atoms with Crippen LogP contribution in [0, 0.1) is 6.42 Å². The van der Waals surface area contributed by atoms with Gasteiger partial charge in [-0.25, -0.2) is 0 Å². The zero-order valence-electron chi connectivity index (χ0n) is 6.83. The molecular formula is C10H12BrO. The maximum absolute atomic E-state index is 8.72. The molecule has 0 fully saturated rings. The first kappa shape index (κ1) is 9.75. The molecule has 1 rings (SSSR count). The molecule has 0 spiro atoms. The largest absolute Gasteiger partial charge is 0.396 e. The number of rotatable bonds is 4. The zero-order valence-corrected chi connectivity index (χ0v) is 8.42. The van der Waals surface area contributed by atoms with Gasteiger partial charge in [0.25, 0.3) is 0 Å². The second-order valence-electron chi connectivity index (χ2n) is 2.58. The van der Waals surface area contributed by atoms with E-state index in [1.165, 1.54) is 11.1 Å². The minimum atomic E-state index is 0.220. The van der Waals surface area contributed by atoms with Gasteiger partial charge in [0.2, 0.25) is 0 Å². The van der Waals surface area contributed by atoms with Crippen LogP contribution in [-0.2, 0) is 6.42 Å². The van der Waals surface area contributed by atoms with Crippen LogP contribution in [0.3, 0.4) is 0 Å². The Labute approximate surface area is 81.6 Å². The second-order valence-corrected chi connectivity index (χ2v) is 3.22. The molecule has 1 radical (unpaired) electrons. The lowest BCUT2D eigenvalue weighted by molar-refractivity contribution is 0.299. The average Bonchev–Trinajstić information content (AvgIpc) is 2.06. The first-order valence-electron chi connectivity index (χ1n) is 3.96. The van der Waals surface area contributed by atoms with Crippen molar-refractivity contribution in [3.8, 4) is 0 Å². The van der Waals surface area contributed by atoms with Gasteiger partial charge >= 0.3 is 0 Å². The summed E-state index contributed by atoms with van der Waals surface area (Å²) in [6.45, 7) is 0.220. The predicted octanol–water partition coefficient (Wildman–Crippen LogP) is 2.17. The molecule has 0 aliphatic heterocycles. The van der Waals surface area contributed by atoms with E-state index in [0.717, 1.165) is 11.8 Å². The van der Waals surface area contributed by atoms with E-state index < -0.39 is 0 Å². The van der Waals surface area contributed by atoms with Crippen LogP contribution in [0.4, 0.5) is 0 Å². The maximum Gasteiger partial charge on any atom is 0.0471 e. The molecule has 0 unspecified atom stereocenters. The summed E-state index contributed by atoms with van der Waals surface area (Å²) in [5.74, 6) is 0. The maximum atomic E-state index is 8.72. The van der Waals surface area contributed by atoms with Crippen LogP contribution < -0.4 is 0 Å². The molecule has 65 valence electrons. The number of aliphatic hydroxyl groups is 1. The monoisotopic (exact) mass is 227 g/mol. The van der Waals surface area contributed by atoms with Crippen molar-refractivity contribution in [1.29, 1.82) is 0 Å². The summed E-state index contributed by atoms with van der Waals surface area (Å²) in [5, 5.41) is 9.59. The molecule has 0 aliphatic carbocycles. The van der Waals surface area contributed by atoms with Crippen LogP contribution in [0.15, 0.2) is 24.3 Å². The molecular weight excluding hydrogens is 216 g/mol. The molecule has 12 heavy (non-hydrogen) atoms. The molecule has 0 heterocycles. The van der Waals surface area contributed by atoms with E-state index in [0.29, 0.717) is 0 Å². The van der Waals surface area contributed by atoms with Gasteiger partial charge in [-0.15, -0.1) is 0 Å². The van der Waals surface area contributed by atoms with Crippen molar-refractivity contribution in [3.63, 3.8) is 0 Å². The second kappa shape index (κ2) is 5.33. The third-order valence-electron chi connectivity index (χ3n) is 1.66. The Morgan fingerprint density at radius 2 is 2.25 bits per heavy atom. The number of benzene rings is 1. The van der Waals surface area contributed by atoms with Gasteiger partial charge < -0.3 is 5.11 Å². The van der Waals surface area contributed by atoms with E-state index in [2.05, 4.69) is 34.5 Å². The highest BCUT2D eigenvalue weighted by molar-refractivity contribution is 9.09. The Bertz CT molecular complexity index is 214. The molecule has 1 aromatic carbocycles. The van der Waals surface area contributed by atoms with Crippen molar-refractivity contribution >= 4 is 15.9 Å². The minimum absolute atomic E-state index is 0.220. The highest BCUT2D eigenvalue weighted by Gasteiger charge is 1.94. The topological polar surface area (TPSA) is 20.2 Å². The van der Waals surface area contributed by atoms with Gasteiger partial charge in [-0.3, -0.25) is 0 Å². The highest BCUT2D eigenvalue weighted by atomic mass is 79.9. The molecule has 1 nitrogen and oxygen atoms in total. The van der Waals surface area contributed by atoms with Crippen molar-refractivity contribution in [2.24, 2.45) is 0 Å². The van der Waals surface area contributed by atoms with Crippen LogP contribution in [0.2, 0.25) is 0 Å². The fourth-order valence-electron chi connectivity index (χ4n) is 1.09. The Morgan fingerprint density at radius 3 is 2.92 bits per heavy atom. The van der Waals surface area contributed by atoms with Crippen LogP contribution in [0.1, 0.15) is 11.1 Å². The van der Waals surface area contributed by atoms with Gasteiger partial charge in [-0.1, -0.05) is 40.2 Å². The summed E-state index contributed by atoms with van der Waals surface area (Å²) in [4.78, 5) is 0. The van der Waals surface area contributed by atoms with Crippen molar-refractivity contribution in [2.75, 3.05) is 11.9 Å². The number of hydrogen-bond donors (Lipinski definition) is 1. The summed E-state index contributed by atoms with van der Waals surface area (Å²) in [5.41, 5.74) is 2.39. The van der Waals surface area contributed by atoms with E-state index in [1.54, 1.807) is 0 Å². The van der Waals surface area contributed by atoms with Crippen LogP contribution >= 0.6 is 15.9 Å². The molecule has 1 N–H and O–H groups in total. The van der Waals surface area contributed by atoms with Gasteiger partial charge in [-0.2, -0.15) is 0 Å². The standard InChI is InChI=1S/C10H12BrO/c11-6-4-9-2-1-3-10(8-9)5-7-12/h1-4,8,12H,5-7H2. The molecule has 0 aliphatic rings. The summed E-state index contributed by atoms with van der Waals surface area (Å²) < 4.78 is 0. The molecule has 0 amide bonds. The lowest BCUT2D eigenvalue weighted by Gasteiger charge is -2.01. The van der Waals surface area contributed by atoms with Crippen molar-refractivity contribution in [2.45, 2.75) is 6.42 Å². The molecule has 0 saturated carbocycles. The fraction of sp³-hybridized carbons (Fsp3) is 0.300. The van der Waals surface area contributed by atoms with Crippen LogP contribution in [-0.4, -0.2) is 17.0 Å². The molecule has 0 bridgehead atoms. The summed E-state index contributed by atoms with van der Waals surface area (Å²) in [7, 11) is 0. The Hall–Kier alpha value is -0.340. The molecule has 0 saturated heterocycles. The molecule has 1 aromatic rings. The molecule has 0 atom stereocenters. The zero-order chi connectivity index (χ0) is 8.81.